The number of nitrogens with one attached hydrogen (secondary N) is 2. The number of rotatable bonds is 5. The first kappa shape index (κ1) is 15.9. The summed E-state index contributed by atoms with van der Waals surface area (Å²) in [5.41, 5.74) is 1.26. The fraction of sp³-hybridized carbons (Fsp3) is 0.125. The molecule has 0 aliphatic carbocycles. The van der Waals surface area contributed by atoms with Gasteiger partial charge < -0.3 is 15.7 Å². The Morgan fingerprint density at radius 1 is 1.09 bits per heavy atom. The third-order valence-electron chi connectivity index (χ3n) is 2.97. The number of carbonyl (C=O) groups is 2. The standard InChI is InChI=1S/C16H15ClN2O3/c17-12-6-4-5-11(9-12)14(10-15(20)21)19-16(22)18-13-7-2-1-3-8-13/h1-9,14H,10H2,(H,20,21)(H2,18,19,22). The van der Waals surface area contributed by atoms with E-state index in [1.54, 1.807) is 48.5 Å². The average molecular weight is 319 g/mol. The van der Waals surface area contributed by atoms with Crippen LogP contribution in [0.25, 0.3) is 0 Å². The van der Waals surface area contributed by atoms with Gasteiger partial charge in [0, 0.05) is 10.7 Å². The first-order chi connectivity index (χ1) is 10.5. The van der Waals surface area contributed by atoms with Crippen molar-refractivity contribution in [3.8, 4) is 0 Å². The molecule has 22 heavy (non-hydrogen) atoms. The van der Waals surface area contributed by atoms with Crippen LogP contribution >= 0.6 is 11.6 Å². The zero-order valence-corrected chi connectivity index (χ0v) is 12.4. The van der Waals surface area contributed by atoms with Gasteiger partial charge in [0.25, 0.3) is 0 Å². The average Bonchev–Trinajstić information content (AvgIpc) is 2.47. The molecule has 0 saturated carbocycles. The molecule has 3 N–H and O–H groups in total. The minimum atomic E-state index is -1.01. The van der Waals surface area contributed by atoms with E-state index in [1.165, 1.54) is 0 Å². The lowest BCUT2D eigenvalue weighted by Gasteiger charge is -2.18. The Balaban J connectivity index is 2.09. The van der Waals surface area contributed by atoms with Crippen molar-refractivity contribution in [1.29, 1.82) is 0 Å². The van der Waals surface area contributed by atoms with Gasteiger partial charge in [-0.15, -0.1) is 0 Å². The quantitative estimate of drug-likeness (QED) is 0.787. The number of aliphatic carboxylic acids is 1. The summed E-state index contributed by atoms with van der Waals surface area (Å²) in [6.07, 6.45) is -0.234. The highest BCUT2D eigenvalue weighted by atomic mass is 35.5. The summed E-state index contributed by atoms with van der Waals surface area (Å²) in [5, 5.41) is 14.8. The van der Waals surface area contributed by atoms with Crippen LogP contribution in [0.4, 0.5) is 10.5 Å². The molecule has 0 aliphatic heterocycles. The molecule has 0 fully saturated rings. The molecule has 2 amide bonds. The molecule has 0 bridgehead atoms. The lowest BCUT2D eigenvalue weighted by atomic mass is 10.0. The van der Waals surface area contributed by atoms with Gasteiger partial charge in [-0.05, 0) is 29.8 Å². The predicted octanol–water partition coefficient (Wildman–Crippen LogP) is 3.68. The van der Waals surface area contributed by atoms with Crippen LogP contribution in [0.2, 0.25) is 5.02 Å². The van der Waals surface area contributed by atoms with Crippen LogP contribution in [0.1, 0.15) is 18.0 Å². The second kappa shape index (κ2) is 7.47. The van der Waals surface area contributed by atoms with Gasteiger partial charge >= 0.3 is 12.0 Å². The topological polar surface area (TPSA) is 78.4 Å². The lowest BCUT2D eigenvalue weighted by Crippen LogP contribution is -2.33. The predicted molar refractivity (Wildman–Crippen MR) is 85.0 cm³/mol. The van der Waals surface area contributed by atoms with E-state index in [9.17, 15) is 9.59 Å². The number of hydrogen-bond acceptors (Lipinski definition) is 2. The maximum Gasteiger partial charge on any atom is 0.319 e. The van der Waals surface area contributed by atoms with Gasteiger partial charge in [0.05, 0.1) is 12.5 Å². The number of carbonyl (C=O) groups excluding carboxylic acids is 1. The summed E-state index contributed by atoms with van der Waals surface area (Å²) in [6.45, 7) is 0. The van der Waals surface area contributed by atoms with E-state index < -0.39 is 18.0 Å². The number of hydrogen-bond donors (Lipinski definition) is 3. The van der Waals surface area contributed by atoms with E-state index in [4.69, 9.17) is 16.7 Å². The molecule has 1 atom stereocenters. The molecule has 2 rings (SSSR count). The number of carboxylic acids is 1. The number of amides is 2. The molecule has 0 aromatic heterocycles. The highest BCUT2D eigenvalue weighted by Gasteiger charge is 2.18. The van der Waals surface area contributed by atoms with Gasteiger partial charge in [0.15, 0.2) is 0 Å². The number of urea groups is 1. The molecule has 2 aromatic rings. The zero-order valence-electron chi connectivity index (χ0n) is 11.6. The van der Waals surface area contributed by atoms with Crippen LogP contribution in [0.15, 0.2) is 54.6 Å². The Hall–Kier alpha value is -2.53. The molecule has 114 valence electrons. The van der Waals surface area contributed by atoms with Crippen LogP contribution < -0.4 is 10.6 Å². The summed E-state index contributed by atoms with van der Waals surface area (Å²) in [4.78, 5) is 23.0. The molecule has 0 heterocycles. The molecule has 6 heteroatoms. The molecular weight excluding hydrogens is 304 g/mol. The molecule has 0 spiro atoms. The molecule has 5 nitrogen and oxygen atoms in total. The van der Waals surface area contributed by atoms with Crippen molar-refractivity contribution in [2.24, 2.45) is 0 Å². The normalized spacial score (nSPS) is 11.5. The zero-order chi connectivity index (χ0) is 15.9. The van der Waals surface area contributed by atoms with E-state index in [1.807, 2.05) is 6.07 Å². The molecule has 1 unspecified atom stereocenters. The fourth-order valence-corrected chi connectivity index (χ4v) is 2.20. The molecular formula is C16H15ClN2O3. The summed E-state index contributed by atoms with van der Waals surface area (Å²) >= 11 is 5.92. The van der Waals surface area contributed by atoms with Gasteiger partial charge in [-0.3, -0.25) is 4.79 Å². The summed E-state index contributed by atoms with van der Waals surface area (Å²) in [6, 6.07) is 14.5. The molecule has 2 aromatic carbocycles. The Bertz CT molecular complexity index is 661. The minimum Gasteiger partial charge on any atom is -0.481 e. The van der Waals surface area contributed by atoms with Crippen molar-refractivity contribution in [2.45, 2.75) is 12.5 Å². The number of para-hydroxylation sites is 1. The second-order valence-corrected chi connectivity index (χ2v) is 5.11. The fourth-order valence-electron chi connectivity index (χ4n) is 2.00. The number of halogens is 1. The van der Waals surface area contributed by atoms with Gasteiger partial charge in [-0.2, -0.15) is 0 Å². The van der Waals surface area contributed by atoms with Crippen molar-refractivity contribution >= 4 is 29.3 Å². The molecule has 0 radical (unpaired) electrons. The van der Waals surface area contributed by atoms with Crippen molar-refractivity contribution in [1.82, 2.24) is 5.32 Å². The second-order valence-electron chi connectivity index (χ2n) is 4.67. The van der Waals surface area contributed by atoms with Gasteiger partial charge in [-0.25, -0.2) is 4.79 Å². The highest BCUT2D eigenvalue weighted by molar-refractivity contribution is 6.30. The van der Waals surface area contributed by atoms with Crippen molar-refractivity contribution < 1.29 is 14.7 Å². The van der Waals surface area contributed by atoms with E-state index in [2.05, 4.69) is 10.6 Å². The Morgan fingerprint density at radius 3 is 2.45 bits per heavy atom. The van der Waals surface area contributed by atoms with Crippen LogP contribution in [-0.2, 0) is 4.79 Å². The number of benzene rings is 2. The molecule has 0 aliphatic rings. The summed E-state index contributed by atoms with van der Waals surface area (Å²) in [7, 11) is 0. The minimum absolute atomic E-state index is 0.234. The van der Waals surface area contributed by atoms with Crippen molar-refractivity contribution in [3.05, 3.63) is 65.2 Å². The lowest BCUT2D eigenvalue weighted by molar-refractivity contribution is -0.137. The van der Waals surface area contributed by atoms with Crippen LogP contribution in [-0.4, -0.2) is 17.1 Å². The third-order valence-corrected chi connectivity index (χ3v) is 3.20. The number of anilines is 1. The Morgan fingerprint density at radius 2 is 1.82 bits per heavy atom. The summed E-state index contributed by atoms with van der Waals surface area (Å²) in [5.74, 6) is -1.01. The Labute approximate surface area is 132 Å². The SMILES string of the molecule is O=C(O)CC(NC(=O)Nc1ccccc1)c1cccc(Cl)c1. The Kier molecular flexibility index (Phi) is 5.38. The van der Waals surface area contributed by atoms with Crippen LogP contribution in [0, 0.1) is 0 Å². The summed E-state index contributed by atoms with van der Waals surface area (Å²) < 4.78 is 0. The maximum absolute atomic E-state index is 12.0. The number of carboxylic acid groups (broad SMARTS) is 1. The smallest absolute Gasteiger partial charge is 0.319 e. The monoisotopic (exact) mass is 318 g/mol. The first-order valence-corrected chi connectivity index (χ1v) is 7.02. The van der Waals surface area contributed by atoms with E-state index in [0.717, 1.165) is 0 Å². The van der Waals surface area contributed by atoms with Crippen LogP contribution in [0.3, 0.4) is 0 Å². The van der Waals surface area contributed by atoms with E-state index in [-0.39, 0.29) is 6.42 Å². The third kappa shape index (κ3) is 4.79. The van der Waals surface area contributed by atoms with E-state index >= 15 is 0 Å². The maximum atomic E-state index is 12.0. The van der Waals surface area contributed by atoms with E-state index in [0.29, 0.717) is 16.3 Å². The van der Waals surface area contributed by atoms with Gasteiger partial charge in [0.2, 0.25) is 0 Å². The van der Waals surface area contributed by atoms with Crippen LogP contribution in [0.5, 0.6) is 0 Å². The molecule has 0 saturated heterocycles. The van der Waals surface area contributed by atoms with Gasteiger partial charge in [0.1, 0.15) is 0 Å². The van der Waals surface area contributed by atoms with Crippen molar-refractivity contribution in [3.63, 3.8) is 0 Å². The van der Waals surface area contributed by atoms with Gasteiger partial charge in [-0.1, -0.05) is 41.9 Å². The first-order valence-electron chi connectivity index (χ1n) is 6.64. The van der Waals surface area contributed by atoms with Crippen molar-refractivity contribution in [2.75, 3.05) is 5.32 Å². The largest absolute Gasteiger partial charge is 0.481 e. The highest BCUT2D eigenvalue weighted by Crippen LogP contribution is 2.21.